The predicted octanol–water partition coefficient (Wildman–Crippen LogP) is 1.51. The van der Waals surface area contributed by atoms with E-state index in [9.17, 15) is 4.57 Å². The molecule has 1 N–H and O–H groups in total. The smallest absolute Gasteiger partial charge is 0.287 e. The lowest BCUT2D eigenvalue weighted by atomic mass is 10.1. The second kappa shape index (κ2) is 3.87. The Morgan fingerprint density at radius 3 is 2.41 bits per heavy atom. The van der Waals surface area contributed by atoms with Gasteiger partial charge < -0.3 is 4.52 Å². The number of hydrogen-bond donors (Lipinski definition) is 1. The molecule has 0 spiro atoms. The van der Waals surface area contributed by atoms with Gasteiger partial charge in [0.25, 0.3) is 7.37 Å². The minimum absolute atomic E-state index is 0.202. The standard InChI is InChI=1S/C11H18N3O2P/c1-10(2)8-16-17(15,11(3,4)14-10)9-12-6-5-7-13-9/h5-7,14H,8H2,1-4H3. The maximum absolute atomic E-state index is 13.0. The lowest BCUT2D eigenvalue weighted by Crippen LogP contribution is -2.59. The molecule has 1 aromatic rings. The molecule has 94 valence electrons. The van der Waals surface area contributed by atoms with Crippen LogP contribution in [0.25, 0.3) is 0 Å². The van der Waals surface area contributed by atoms with Crippen LogP contribution >= 0.6 is 7.37 Å². The van der Waals surface area contributed by atoms with Crippen molar-refractivity contribution in [1.29, 1.82) is 0 Å². The van der Waals surface area contributed by atoms with Crippen LogP contribution in [0.1, 0.15) is 27.7 Å². The summed E-state index contributed by atoms with van der Waals surface area (Å²) in [5.41, 5.74) is 0.0830. The first kappa shape index (κ1) is 12.7. The first-order valence-corrected chi connectivity index (χ1v) is 7.21. The average molecular weight is 255 g/mol. The second-order valence-electron chi connectivity index (χ2n) is 5.44. The van der Waals surface area contributed by atoms with Gasteiger partial charge in [0, 0.05) is 17.9 Å². The Hall–Kier alpha value is -0.770. The summed E-state index contributed by atoms with van der Waals surface area (Å²) in [4.78, 5) is 8.16. The van der Waals surface area contributed by atoms with Gasteiger partial charge in [0.15, 0.2) is 0 Å². The highest BCUT2D eigenvalue weighted by Crippen LogP contribution is 2.58. The zero-order chi connectivity index (χ0) is 12.7. The summed E-state index contributed by atoms with van der Waals surface area (Å²) in [7, 11) is -3.08. The Kier molecular flexibility index (Phi) is 2.89. The Labute approximate surface area is 101 Å². The van der Waals surface area contributed by atoms with E-state index in [1.807, 2.05) is 27.7 Å². The molecule has 1 aliphatic rings. The molecule has 1 atom stereocenters. The van der Waals surface area contributed by atoms with Crippen molar-refractivity contribution in [2.75, 3.05) is 6.61 Å². The molecule has 1 unspecified atom stereocenters. The average Bonchev–Trinajstić information content (AvgIpc) is 2.24. The maximum atomic E-state index is 13.0. The minimum atomic E-state index is -3.08. The van der Waals surface area contributed by atoms with Crippen LogP contribution in [0.3, 0.4) is 0 Å². The molecule has 2 rings (SSSR count). The fourth-order valence-electron chi connectivity index (χ4n) is 2.10. The van der Waals surface area contributed by atoms with E-state index in [4.69, 9.17) is 4.52 Å². The fourth-order valence-corrected chi connectivity index (χ4v) is 4.43. The van der Waals surface area contributed by atoms with Gasteiger partial charge in [-0.05, 0) is 33.8 Å². The number of nitrogens with one attached hydrogen (secondary N) is 1. The van der Waals surface area contributed by atoms with Crippen molar-refractivity contribution in [1.82, 2.24) is 15.3 Å². The zero-order valence-electron chi connectivity index (χ0n) is 10.6. The number of rotatable bonds is 1. The van der Waals surface area contributed by atoms with Crippen molar-refractivity contribution in [3.63, 3.8) is 0 Å². The molecular formula is C11H18N3O2P. The SMILES string of the molecule is CC1(C)COP(=O)(c2ncccn2)C(C)(C)N1. The highest BCUT2D eigenvalue weighted by Gasteiger charge is 2.52. The van der Waals surface area contributed by atoms with E-state index in [0.717, 1.165) is 0 Å². The highest BCUT2D eigenvalue weighted by molar-refractivity contribution is 7.68. The normalized spacial score (nSPS) is 31.1. The molecule has 17 heavy (non-hydrogen) atoms. The third kappa shape index (κ3) is 2.15. The molecule has 1 fully saturated rings. The van der Waals surface area contributed by atoms with Crippen LogP contribution < -0.4 is 10.9 Å². The molecule has 6 heteroatoms. The summed E-state index contributed by atoms with van der Waals surface area (Å²) >= 11 is 0. The Balaban J connectivity index is 2.43. The van der Waals surface area contributed by atoms with Gasteiger partial charge in [-0.3, -0.25) is 9.88 Å². The Bertz CT molecular complexity index is 459. The Morgan fingerprint density at radius 2 is 1.88 bits per heavy atom. The van der Waals surface area contributed by atoms with E-state index in [0.29, 0.717) is 6.61 Å². The summed E-state index contributed by atoms with van der Waals surface area (Å²) in [6.07, 6.45) is 3.17. The molecule has 0 aromatic carbocycles. The highest BCUT2D eigenvalue weighted by atomic mass is 31.2. The quantitative estimate of drug-likeness (QED) is 0.771. The molecule has 1 saturated heterocycles. The van der Waals surface area contributed by atoms with Crippen molar-refractivity contribution in [3.8, 4) is 0 Å². The number of nitrogens with zero attached hydrogens (tertiary/aromatic N) is 2. The van der Waals surface area contributed by atoms with Gasteiger partial charge in [-0.1, -0.05) is 0 Å². The molecule has 2 heterocycles. The second-order valence-corrected chi connectivity index (χ2v) is 8.32. The lowest BCUT2D eigenvalue weighted by molar-refractivity contribution is 0.146. The van der Waals surface area contributed by atoms with Crippen molar-refractivity contribution < 1.29 is 9.09 Å². The monoisotopic (exact) mass is 255 g/mol. The minimum Gasteiger partial charge on any atom is -0.320 e. The van der Waals surface area contributed by atoms with Crippen LogP contribution in [0.2, 0.25) is 0 Å². The third-order valence-corrected chi connectivity index (χ3v) is 5.64. The molecule has 0 aliphatic carbocycles. The van der Waals surface area contributed by atoms with Gasteiger partial charge in [-0.25, -0.2) is 9.97 Å². The van der Waals surface area contributed by atoms with Crippen molar-refractivity contribution in [2.24, 2.45) is 0 Å². The summed E-state index contributed by atoms with van der Waals surface area (Å²) < 4.78 is 18.6. The zero-order valence-corrected chi connectivity index (χ0v) is 11.5. The summed E-state index contributed by atoms with van der Waals surface area (Å²) in [5, 5.41) is 2.68. The van der Waals surface area contributed by atoms with E-state index in [-0.39, 0.29) is 11.1 Å². The first-order chi connectivity index (χ1) is 7.77. The molecule has 0 amide bonds. The summed E-state index contributed by atoms with van der Waals surface area (Å²) in [6.45, 7) is 8.15. The van der Waals surface area contributed by atoms with Crippen LogP contribution in [-0.4, -0.2) is 27.4 Å². The van der Waals surface area contributed by atoms with E-state index in [1.54, 1.807) is 18.5 Å². The van der Waals surface area contributed by atoms with Crippen LogP contribution in [0.5, 0.6) is 0 Å². The molecular weight excluding hydrogens is 237 g/mol. The molecule has 1 aliphatic heterocycles. The fraction of sp³-hybridized carbons (Fsp3) is 0.636. The van der Waals surface area contributed by atoms with E-state index < -0.39 is 12.6 Å². The van der Waals surface area contributed by atoms with E-state index in [1.165, 1.54) is 0 Å². The van der Waals surface area contributed by atoms with Gasteiger partial charge >= 0.3 is 0 Å². The topological polar surface area (TPSA) is 64.1 Å². The van der Waals surface area contributed by atoms with Gasteiger partial charge in [-0.2, -0.15) is 0 Å². The molecule has 5 nitrogen and oxygen atoms in total. The molecule has 0 saturated carbocycles. The lowest BCUT2D eigenvalue weighted by Gasteiger charge is -2.46. The molecule has 1 aromatic heterocycles. The van der Waals surface area contributed by atoms with Crippen LogP contribution in [0.4, 0.5) is 0 Å². The van der Waals surface area contributed by atoms with Crippen LogP contribution in [-0.2, 0) is 9.09 Å². The van der Waals surface area contributed by atoms with Crippen LogP contribution in [0.15, 0.2) is 18.5 Å². The van der Waals surface area contributed by atoms with Crippen molar-refractivity contribution in [3.05, 3.63) is 18.5 Å². The van der Waals surface area contributed by atoms with Crippen molar-refractivity contribution in [2.45, 2.75) is 38.5 Å². The van der Waals surface area contributed by atoms with Gasteiger partial charge in [0.2, 0.25) is 5.57 Å². The molecule has 0 bridgehead atoms. The van der Waals surface area contributed by atoms with E-state index in [2.05, 4.69) is 15.3 Å². The number of hydrogen-bond acceptors (Lipinski definition) is 5. The summed E-state index contributed by atoms with van der Waals surface area (Å²) in [6, 6.07) is 1.70. The number of aromatic nitrogens is 2. The van der Waals surface area contributed by atoms with Crippen LogP contribution in [0, 0.1) is 0 Å². The maximum Gasteiger partial charge on any atom is 0.287 e. The van der Waals surface area contributed by atoms with Gasteiger partial charge in [0.1, 0.15) is 0 Å². The summed E-state index contributed by atoms with van der Waals surface area (Å²) in [5.74, 6) is 0. The predicted molar refractivity (Wildman–Crippen MR) is 66.5 cm³/mol. The van der Waals surface area contributed by atoms with Crippen molar-refractivity contribution >= 4 is 12.9 Å². The first-order valence-electron chi connectivity index (χ1n) is 5.58. The largest absolute Gasteiger partial charge is 0.320 e. The Morgan fingerprint density at radius 1 is 1.29 bits per heavy atom. The van der Waals surface area contributed by atoms with E-state index >= 15 is 0 Å². The van der Waals surface area contributed by atoms with Gasteiger partial charge in [-0.15, -0.1) is 0 Å². The van der Waals surface area contributed by atoms with Gasteiger partial charge in [0.05, 0.1) is 11.9 Å². The molecule has 0 radical (unpaired) electrons. The third-order valence-electron chi connectivity index (χ3n) is 2.80.